The van der Waals surface area contributed by atoms with Gasteiger partial charge in [0.25, 0.3) is 0 Å². The van der Waals surface area contributed by atoms with E-state index in [1.807, 2.05) is 0 Å². The number of nitrogens with zero attached hydrogens (tertiary/aromatic N) is 1. The molecule has 1 nitrogen and oxygen atoms in total. The highest BCUT2D eigenvalue weighted by Crippen LogP contribution is 2.40. The second kappa shape index (κ2) is 13.8. The van der Waals surface area contributed by atoms with Crippen molar-refractivity contribution >= 4 is 18.2 Å². The molecule has 0 bridgehead atoms. The second-order valence-corrected chi connectivity index (χ2v) is 14.4. The van der Waals surface area contributed by atoms with E-state index in [9.17, 15) is 0 Å². The molecule has 0 unspecified atom stereocenters. The third-order valence-electron chi connectivity index (χ3n) is 0. The van der Waals surface area contributed by atoms with Crippen molar-refractivity contribution in [3.8, 4) is 0 Å². The minimum atomic E-state index is -0.389. The molecule has 3 heteroatoms. The topological polar surface area (TPSA) is 0 Å². The van der Waals surface area contributed by atoms with E-state index in [4.69, 9.17) is 0 Å². The summed E-state index contributed by atoms with van der Waals surface area (Å²) in [6.07, 6.45) is 6.58. The fourth-order valence-electron chi connectivity index (χ4n) is 0. The molecule has 0 atom stereocenters. The largest absolute Gasteiger partial charge is 0.333 e. The second-order valence-electron chi connectivity index (χ2n) is 6.59. The summed E-state index contributed by atoms with van der Waals surface area (Å²) in [6, 6.07) is 0. The molecule has 0 aromatic carbocycles. The lowest BCUT2D eigenvalue weighted by molar-refractivity contribution is -0.849. The summed E-state index contributed by atoms with van der Waals surface area (Å²) in [6.45, 7) is 9.19. The number of rotatable bonds is 0. The van der Waals surface area contributed by atoms with Crippen LogP contribution < -0.4 is 0 Å². The van der Waals surface area contributed by atoms with Gasteiger partial charge in [-0.15, -0.1) is 0 Å². The van der Waals surface area contributed by atoms with Gasteiger partial charge in [-0.3, -0.25) is 0 Å². The van der Waals surface area contributed by atoms with Crippen LogP contribution in [0, 0.1) is 0 Å². The Kier molecular flexibility index (Phi) is 26.0. The maximum Gasteiger partial charge on any atom is 0.0969 e. The molecule has 0 fully saturated rings. The first-order valence-corrected chi connectivity index (χ1v) is 10.8. The molecule has 0 spiro atoms. The maximum atomic E-state index is 2.30. The fraction of sp³-hybridized carbons (Fsp3) is 1.00. The predicted molar refractivity (Wildman–Crippen MR) is 93.2 cm³/mol. The van der Waals surface area contributed by atoms with Crippen LogP contribution in [0.1, 0.15) is 14.9 Å². The summed E-state index contributed by atoms with van der Waals surface area (Å²) < 4.78 is 1.00. The fourth-order valence-corrected chi connectivity index (χ4v) is 0. The lowest BCUT2D eigenvalue weighted by atomic mass is 10.8. The van der Waals surface area contributed by atoms with Gasteiger partial charge in [0.05, 0.1) is 47.0 Å². The zero-order valence-corrected chi connectivity index (χ0v) is 14.0. The molecule has 0 rings (SSSR count). The van der Waals surface area contributed by atoms with Crippen molar-refractivity contribution in [1.29, 1.82) is 0 Å². The van der Waals surface area contributed by atoms with Crippen molar-refractivity contribution < 1.29 is 4.48 Å². The lowest BCUT2D eigenvalue weighted by Gasteiger charge is -2.14. The van der Waals surface area contributed by atoms with E-state index in [2.05, 4.69) is 73.6 Å². The summed E-state index contributed by atoms with van der Waals surface area (Å²) >= 11 is 0. The van der Waals surface area contributed by atoms with Crippen LogP contribution in [-0.4, -0.2) is 78.1 Å². The molecule has 0 heterocycles. The maximum absolute atomic E-state index is 2.30. The van der Waals surface area contributed by atoms with Crippen molar-refractivity contribution in [2.75, 3.05) is 73.6 Å². The van der Waals surface area contributed by atoms with Crippen LogP contribution in [0.3, 0.4) is 0 Å². The van der Waals surface area contributed by atoms with Crippen LogP contribution in [0.4, 0.5) is 0 Å². The van der Waals surface area contributed by atoms with Gasteiger partial charge >= 0.3 is 0 Å². The summed E-state index contributed by atoms with van der Waals surface area (Å²) in [7, 11) is 8.75. The van der Waals surface area contributed by atoms with Gasteiger partial charge in [0.2, 0.25) is 0 Å². The van der Waals surface area contributed by atoms with E-state index < -0.39 is 0 Å². The molecule has 16 heavy (non-hydrogen) atoms. The van der Waals surface area contributed by atoms with Gasteiger partial charge in [0, 0.05) is 33.9 Å². The Morgan fingerprint density at radius 2 is 0.688 bits per heavy atom. The van der Waals surface area contributed by atoms with E-state index in [1.165, 1.54) is 0 Å². The highest BCUT2D eigenvalue weighted by molar-refractivity contribution is 7.94. The minimum Gasteiger partial charge on any atom is -0.333 e. The Labute approximate surface area is 111 Å². The Bertz CT molecular complexity index is 85.3. The van der Waals surface area contributed by atoms with Crippen molar-refractivity contribution in [2.45, 2.75) is 14.9 Å². The molecule has 0 aromatic heterocycles. The summed E-state index contributed by atoms with van der Waals surface area (Å²) in [5.74, 6) is 0. The molecule has 0 aliphatic rings. The molecule has 0 aromatic rings. The van der Waals surface area contributed by atoms with Crippen molar-refractivity contribution in [1.82, 2.24) is 0 Å². The van der Waals surface area contributed by atoms with Crippen molar-refractivity contribution in [3.05, 3.63) is 0 Å². The summed E-state index contributed by atoms with van der Waals surface area (Å²) in [4.78, 5) is 0. The zero-order chi connectivity index (χ0) is 12.6. The molecular formula is C13H41NPS+3. The van der Waals surface area contributed by atoms with Crippen molar-refractivity contribution in [2.24, 2.45) is 0 Å². The van der Waals surface area contributed by atoms with Gasteiger partial charge in [-0.25, -0.2) is 0 Å². The monoisotopic (exact) mass is 274 g/mol. The molecule has 0 saturated heterocycles. The molecule has 0 radical (unpaired) electrons. The highest BCUT2D eigenvalue weighted by atomic mass is 32.2. The molecule has 0 amide bonds. The quantitative estimate of drug-likeness (QED) is 0.360. The van der Waals surface area contributed by atoms with Gasteiger partial charge in [0.15, 0.2) is 0 Å². The zero-order valence-electron chi connectivity index (χ0n) is 12.3. The molecule has 0 aliphatic carbocycles. The van der Waals surface area contributed by atoms with Crippen LogP contribution >= 0.6 is 7.26 Å². The number of hydrogen-bond donors (Lipinski definition) is 0. The third-order valence-corrected chi connectivity index (χ3v) is 0. The number of hydrogen-bond acceptors (Lipinski definition) is 0. The first-order valence-electron chi connectivity index (χ1n) is 4.80. The normalized spacial score (nSPS) is 9.75. The Hall–Kier alpha value is 0.740. The molecule has 106 valence electrons. The van der Waals surface area contributed by atoms with Gasteiger partial charge < -0.3 is 4.48 Å². The van der Waals surface area contributed by atoms with E-state index >= 15 is 0 Å². The van der Waals surface area contributed by atoms with Gasteiger partial charge in [0.1, 0.15) is 0 Å². The smallest absolute Gasteiger partial charge is 0.0969 e. The highest BCUT2D eigenvalue weighted by Gasteiger charge is 2.03. The van der Waals surface area contributed by atoms with Crippen LogP contribution in [0.2, 0.25) is 0 Å². The van der Waals surface area contributed by atoms with E-state index in [1.54, 1.807) is 0 Å². The molecule has 0 N–H and O–H groups in total. The van der Waals surface area contributed by atoms with Gasteiger partial charge in [-0.2, -0.15) is 0 Å². The summed E-state index contributed by atoms with van der Waals surface area (Å²) in [5.41, 5.74) is 0. The van der Waals surface area contributed by atoms with Crippen LogP contribution in [0.25, 0.3) is 0 Å². The van der Waals surface area contributed by atoms with E-state index in [0.717, 1.165) is 4.48 Å². The SMILES string of the molecule is C.C.C[N+](C)(C)C.C[P+](C)(C)C.C[S+](C)C. The Balaban J connectivity index is -0.0000000358. The Morgan fingerprint density at radius 3 is 0.688 bits per heavy atom. The van der Waals surface area contributed by atoms with E-state index in [-0.39, 0.29) is 22.1 Å². The first-order chi connectivity index (χ1) is 5.73. The average molecular weight is 275 g/mol. The summed E-state index contributed by atoms with van der Waals surface area (Å²) in [5, 5.41) is 0. The van der Waals surface area contributed by atoms with Crippen LogP contribution in [-0.2, 0) is 10.9 Å². The van der Waals surface area contributed by atoms with Crippen LogP contribution in [0.5, 0.6) is 0 Å². The van der Waals surface area contributed by atoms with Crippen LogP contribution in [0.15, 0.2) is 0 Å². The van der Waals surface area contributed by atoms with Gasteiger partial charge in [-0.05, 0) is 10.9 Å². The minimum absolute atomic E-state index is 0. The lowest BCUT2D eigenvalue weighted by Crippen LogP contribution is -2.27. The molecule has 0 saturated carbocycles. The van der Waals surface area contributed by atoms with E-state index in [0.29, 0.717) is 10.9 Å². The van der Waals surface area contributed by atoms with Gasteiger partial charge in [-0.1, -0.05) is 14.9 Å². The standard InChI is InChI=1S/C4H12N.C4H12P.C3H9S.2CH4/c2*1-5(2,3)4;1-4(2)3;;/h2*1-4H3;1-3H3;2*1H4/q3*+1;;. The molecule has 0 aliphatic heterocycles. The third kappa shape index (κ3) is 5080. The Morgan fingerprint density at radius 1 is 0.688 bits per heavy atom. The first kappa shape index (κ1) is 30.1. The predicted octanol–water partition coefficient (Wildman–Crippen LogP) is 3.61. The number of quaternary nitrogens is 1. The average Bonchev–Trinajstić information content (AvgIpc) is 1.45. The van der Waals surface area contributed by atoms with Crippen molar-refractivity contribution in [3.63, 3.8) is 0 Å². The molecular weight excluding hydrogens is 233 g/mol.